The Morgan fingerprint density at radius 1 is 1.40 bits per heavy atom. The van der Waals surface area contributed by atoms with Gasteiger partial charge in [-0.05, 0) is 62.6 Å². The maximum absolute atomic E-state index is 14.0. The predicted octanol–water partition coefficient (Wildman–Crippen LogP) is 3.94. The van der Waals surface area contributed by atoms with E-state index in [0.29, 0.717) is 11.8 Å². The van der Waals surface area contributed by atoms with Crippen molar-refractivity contribution in [2.45, 2.75) is 51.5 Å². The van der Waals surface area contributed by atoms with Crippen LogP contribution in [0.4, 0.5) is 4.39 Å². The summed E-state index contributed by atoms with van der Waals surface area (Å²) in [4.78, 5) is 0. The van der Waals surface area contributed by atoms with E-state index in [1.165, 1.54) is 26.4 Å². The number of methoxy groups -OCH3 is 1. The Morgan fingerprint density at radius 2 is 2.20 bits per heavy atom. The molecule has 0 amide bonds. The normalized spacial score (nSPS) is 16.1. The number of aryl methyl sites for hydroxylation is 1. The molecule has 0 saturated heterocycles. The van der Waals surface area contributed by atoms with E-state index in [0.717, 1.165) is 37.3 Å². The van der Waals surface area contributed by atoms with Gasteiger partial charge in [0, 0.05) is 6.04 Å². The first-order valence-corrected chi connectivity index (χ1v) is 7.81. The van der Waals surface area contributed by atoms with Crippen LogP contribution in [0.5, 0.6) is 5.75 Å². The molecule has 1 unspecified atom stereocenters. The van der Waals surface area contributed by atoms with Crippen molar-refractivity contribution in [3.05, 3.63) is 29.6 Å². The van der Waals surface area contributed by atoms with Crippen LogP contribution in [0.15, 0.2) is 18.2 Å². The van der Waals surface area contributed by atoms with Crippen molar-refractivity contribution in [1.82, 2.24) is 5.32 Å². The molecule has 0 heterocycles. The fourth-order valence-corrected chi connectivity index (χ4v) is 2.75. The smallest absolute Gasteiger partial charge is 0.168 e. The summed E-state index contributed by atoms with van der Waals surface area (Å²) in [5, 5.41) is 3.64. The second-order valence-corrected chi connectivity index (χ2v) is 5.72. The van der Waals surface area contributed by atoms with Crippen LogP contribution in [0.3, 0.4) is 0 Å². The Bertz CT molecular complexity index is 417. The lowest BCUT2D eigenvalue weighted by Crippen LogP contribution is -2.31. The lowest BCUT2D eigenvalue weighted by Gasteiger charge is -2.18. The molecule has 1 N–H and O–H groups in total. The zero-order valence-electron chi connectivity index (χ0n) is 12.6. The molecule has 3 heteroatoms. The van der Waals surface area contributed by atoms with E-state index < -0.39 is 0 Å². The summed E-state index contributed by atoms with van der Waals surface area (Å²) in [6.45, 7) is 3.29. The van der Waals surface area contributed by atoms with Crippen LogP contribution in [0.2, 0.25) is 0 Å². The van der Waals surface area contributed by atoms with Crippen LogP contribution in [0.25, 0.3) is 0 Å². The first-order valence-electron chi connectivity index (χ1n) is 7.81. The van der Waals surface area contributed by atoms with Gasteiger partial charge in [-0.15, -0.1) is 0 Å². The lowest BCUT2D eigenvalue weighted by atomic mass is 10.0. The van der Waals surface area contributed by atoms with Crippen molar-refractivity contribution >= 4 is 0 Å². The summed E-state index contributed by atoms with van der Waals surface area (Å²) in [7, 11) is 1.51. The lowest BCUT2D eigenvalue weighted by molar-refractivity contribution is 0.382. The zero-order valence-corrected chi connectivity index (χ0v) is 12.6. The average molecular weight is 279 g/mol. The van der Waals surface area contributed by atoms with Crippen molar-refractivity contribution in [3.8, 4) is 5.75 Å². The number of hydrogen-bond acceptors (Lipinski definition) is 2. The topological polar surface area (TPSA) is 21.3 Å². The number of hydrogen-bond donors (Lipinski definition) is 1. The molecular formula is C17H26FNO. The van der Waals surface area contributed by atoms with Gasteiger partial charge >= 0.3 is 0 Å². The molecule has 1 fully saturated rings. The minimum absolute atomic E-state index is 0.195. The summed E-state index contributed by atoms with van der Waals surface area (Å²) >= 11 is 0. The van der Waals surface area contributed by atoms with Crippen LogP contribution in [0, 0.1) is 11.7 Å². The molecule has 1 aliphatic carbocycles. The Labute approximate surface area is 121 Å². The first-order chi connectivity index (χ1) is 9.76. The van der Waals surface area contributed by atoms with Crippen LogP contribution < -0.4 is 10.1 Å². The minimum Gasteiger partial charge on any atom is -0.494 e. The summed E-state index contributed by atoms with van der Waals surface area (Å²) in [5.41, 5.74) is 0.773. The van der Waals surface area contributed by atoms with Crippen molar-refractivity contribution in [1.29, 1.82) is 0 Å². The number of ether oxygens (including phenoxy) is 1. The van der Waals surface area contributed by atoms with Gasteiger partial charge in [0.05, 0.1) is 7.11 Å². The van der Waals surface area contributed by atoms with E-state index in [4.69, 9.17) is 4.74 Å². The molecule has 2 nitrogen and oxygen atoms in total. The molecule has 0 spiro atoms. The van der Waals surface area contributed by atoms with Crippen LogP contribution in [-0.2, 0) is 6.42 Å². The number of halogens is 1. The highest BCUT2D eigenvalue weighted by molar-refractivity contribution is 5.31. The quantitative estimate of drug-likeness (QED) is 0.739. The molecule has 20 heavy (non-hydrogen) atoms. The average Bonchev–Trinajstić information content (AvgIpc) is 3.29. The molecule has 112 valence electrons. The monoisotopic (exact) mass is 279 g/mol. The fraction of sp³-hybridized carbons (Fsp3) is 0.647. The highest BCUT2D eigenvalue weighted by Gasteiger charge is 2.30. The van der Waals surface area contributed by atoms with E-state index in [9.17, 15) is 4.39 Å². The van der Waals surface area contributed by atoms with Gasteiger partial charge in [-0.3, -0.25) is 0 Å². The molecule has 0 bridgehead atoms. The summed E-state index contributed by atoms with van der Waals surface area (Å²) in [5.74, 6) is 1.02. The van der Waals surface area contributed by atoms with Gasteiger partial charge in [0.15, 0.2) is 11.6 Å². The van der Waals surface area contributed by atoms with Gasteiger partial charge in [0.1, 0.15) is 0 Å². The predicted molar refractivity (Wildman–Crippen MR) is 80.7 cm³/mol. The van der Waals surface area contributed by atoms with Gasteiger partial charge in [-0.2, -0.15) is 0 Å². The SMILES string of the molecule is CCCNC(CCCc1cccc(OC)c1F)C1CC1. The molecule has 1 saturated carbocycles. The van der Waals surface area contributed by atoms with Gasteiger partial charge in [-0.1, -0.05) is 19.1 Å². The maximum Gasteiger partial charge on any atom is 0.168 e. The van der Waals surface area contributed by atoms with Crippen LogP contribution in [-0.4, -0.2) is 19.7 Å². The molecule has 0 aliphatic heterocycles. The highest BCUT2D eigenvalue weighted by atomic mass is 19.1. The van der Waals surface area contributed by atoms with Gasteiger partial charge in [-0.25, -0.2) is 4.39 Å². The summed E-state index contributed by atoms with van der Waals surface area (Å²) < 4.78 is 19.1. The Kier molecular flexibility index (Phi) is 5.84. The highest BCUT2D eigenvalue weighted by Crippen LogP contribution is 2.34. The van der Waals surface area contributed by atoms with E-state index in [2.05, 4.69) is 12.2 Å². The molecule has 0 radical (unpaired) electrons. The van der Waals surface area contributed by atoms with Crippen LogP contribution in [0.1, 0.15) is 44.6 Å². The third-order valence-electron chi connectivity index (χ3n) is 4.07. The van der Waals surface area contributed by atoms with E-state index >= 15 is 0 Å². The standard InChI is InChI=1S/C17H26FNO/c1-3-12-19-15(13-10-11-13)8-4-6-14-7-5-9-16(20-2)17(14)18/h5,7,9,13,15,19H,3-4,6,8,10-12H2,1-2H3. The third kappa shape index (κ3) is 4.20. The van der Waals surface area contributed by atoms with Gasteiger partial charge in [0.2, 0.25) is 0 Å². The van der Waals surface area contributed by atoms with Gasteiger partial charge in [0.25, 0.3) is 0 Å². The van der Waals surface area contributed by atoms with Gasteiger partial charge < -0.3 is 10.1 Å². The second-order valence-electron chi connectivity index (χ2n) is 5.72. The molecule has 1 aromatic rings. The molecule has 1 atom stereocenters. The van der Waals surface area contributed by atoms with Crippen molar-refractivity contribution in [3.63, 3.8) is 0 Å². The number of nitrogens with one attached hydrogen (secondary N) is 1. The van der Waals surface area contributed by atoms with Crippen molar-refractivity contribution < 1.29 is 9.13 Å². The number of rotatable bonds is 9. The fourth-order valence-electron chi connectivity index (χ4n) is 2.75. The van der Waals surface area contributed by atoms with E-state index in [1.807, 2.05) is 12.1 Å². The Hall–Kier alpha value is -1.09. The largest absolute Gasteiger partial charge is 0.494 e. The maximum atomic E-state index is 14.0. The summed E-state index contributed by atoms with van der Waals surface area (Å²) in [6, 6.07) is 6.03. The zero-order chi connectivity index (χ0) is 14.4. The third-order valence-corrected chi connectivity index (χ3v) is 4.07. The molecule has 1 aliphatic rings. The van der Waals surface area contributed by atoms with Crippen molar-refractivity contribution in [2.75, 3.05) is 13.7 Å². The summed E-state index contributed by atoms with van der Waals surface area (Å²) in [6.07, 6.45) is 6.85. The molecule has 0 aromatic heterocycles. The van der Waals surface area contributed by atoms with Crippen molar-refractivity contribution in [2.24, 2.45) is 5.92 Å². The molecule has 1 aromatic carbocycles. The van der Waals surface area contributed by atoms with Crippen LogP contribution >= 0.6 is 0 Å². The Balaban J connectivity index is 1.82. The molecule has 2 rings (SSSR count). The van der Waals surface area contributed by atoms with E-state index in [1.54, 1.807) is 6.07 Å². The molecular weight excluding hydrogens is 253 g/mol. The number of benzene rings is 1. The Morgan fingerprint density at radius 3 is 2.85 bits per heavy atom. The minimum atomic E-state index is -0.195. The second kappa shape index (κ2) is 7.63. The first kappa shape index (κ1) is 15.3. The van der Waals surface area contributed by atoms with E-state index in [-0.39, 0.29) is 5.82 Å².